The van der Waals surface area contributed by atoms with E-state index in [2.05, 4.69) is 5.32 Å². The highest BCUT2D eigenvalue weighted by Crippen LogP contribution is 2.31. The van der Waals surface area contributed by atoms with E-state index >= 15 is 0 Å². The number of rotatable bonds is 4. The SMILES string of the molecule is O=C(O)C(NC1CCCCCC1)c1c(Cl)cccc1Cl. The zero-order valence-corrected chi connectivity index (χ0v) is 12.8. The molecule has 5 heteroatoms. The fraction of sp³-hybridized carbons (Fsp3) is 0.533. The van der Waals surface area contributed by atoms with Crippen LogP contribution < -0.4 is 5.32 Å². The average molecular weight is 316 g/mol. The van der Waals surface area contributed by atoms with Crippen molar-refractivity contribution in [2.45, 2.75) is 50.6 Å². The molecule has 1 aromatic rings. The molecule has 1 saturated carbocycles. The van der Waals surface area contributed by atoms with E-state index in [1.165, 1.54) is 12.8 Å². The number of nitrogens with one attached hydrogen (secondary N) is 1. The molecular formula is C15H19Cl2NO2. The first-order valence-electron chi connectivity index (χ1n) is 7.02. The summed E-state index contributed by atoms with van der Waals surface area (Å²) in [7, 11) is 0. The van der Waals surface area contributed by atoms with Crippen LogP contribution in [0.4, 0.5) is 0 Å². The molecule has 3 nitrogen and oxygen atoms in total. The van der Waals surface area contributed by atoms with Gasteiger partial charge in [0.05, 0.1) is 0 Å². The van der Waals surface area contributed by atoms with Crippen molar-refractivity contribution in [1.82, 2.24) is 5.32 Å². The maximum atomic E-state index is 11.6. The van der Waals surface area contributed by atoms with Gasteiger partial charge in [-0.15, -0.1) is 0 Å². The highest BCUT2D eigenvalue weighted by atomic mass is 35.5. The molecule has 0 spiro atoms. The molecule has 20 heavy (non-hydrogen) atoms. The van der Waals surface area contributed by atoms with E-state index in [-0.39, 0.29) is 6.04 Å². The van der Waals surface area contributed by atoms with Crippen LogP contribution in [0.1, 0.15) is 50.1 Å². The molecule has 2 rings (SSSR count). The second kappa shape index (κ2) is 7.30. The van der Waals surface area contributed by atoms with E-state index < -0.39 is 12.0 Å². The summed E-state index contributed by atoms with van der Waals surface area (Å²) in [6.45, 7) is 0. The fourth-order valence-corrected chi connectivity index (χ4v) is 3.36. The molecule has 0 saturated heterocycles. The Morgan fingerprint density at radius 2 is 1.70 bits per heavy atom. The Kier molecular flexibility index (Phi) is 5.70. The van der Waals surface area contributed by atoms with Crippen molar-refractivity contribution in [2.75, 3.05) is 0 Å². The van der Waals surface area contributed by atoms with Crippen LogP contribution in [0, 0.1) is 0 Å². The maximum absolute atomic E-state index is 11.6. The Balaban J connectivity index is 2.20. The first-order valence-corrected chi connectivity index (χ1v) is 7.78. The third kappa shape index (κ3) is 3.87. The number of carboxylic acids is 1. The summed E-state index contributed by atoms with van der Waals surface area (Å²) >= 11 is 12.3. The largest absolute Gasteiger partial charge is 0.480 e. The van der Waals surface area contributed by atoms with Crippen molar-refractivity contribution < 1.29 is 9.90 Å². The van der Waals surface area contributed by atoms with Crippen LogP contribution in [0.2, 0.25) is 10.0 Å². The monoisotopic (exact) mass is 315 g/mol. The zero-order chi connectivity index (χ0) is 14.5. The van der Waals surface area contributed by atoms with E-state index in [1.807, 2.05) is 0 Å². The molecule has 1 unspecified atom stereocenters. The summed E-state index contributed by atoms with van der Waals surface area (Å²) in [5, 5.41) is 13.5. The van der Waals surface area contributed by atoms with Crippen LogP contribution in [0.5, 0.6) is 0 Å². The van der Waals surface area contributed by atoms with Gasteiger partial charge in [-0.05, 0) is 25.0 Å². The lowest BCUT2D eigenvalue weighted by Crippen LogP contribution is -2.37. The van der Waals surface area contributed by atoms with Crippen LogP contribution >= 0.6 is 23.2 Å². The minimum Gasteiger partial charge on any atom is -0.480 e. The van der Waals surface area contributed by atoms with Crippen molar-refractivity contribution >= 4 is 29.2 Å². The van der Waals surface area contributed by atoms with Crippen LogP contribution in [-0.4, -0.2) is 17.1 Å². The Bertz CT molecular complexity index is 451. The molecular weight excluding hydrogens is 297 g/mol. The lowest BCUT2D eigenvalue weighted by molar-refractivity contribution is -0.140. The van der Waals surface area contributed by atoms with Crippen molar-refractivity contribution in [2.24, 2.45) is 0 Å². The van der Waals surface area contributed by atoms with Crippen molar-refractivity contribution in [1.29, 1.82) is 0 Å². The Morgan fingerprint density at radius 1 is 1.15 bits per heavy atom. The quantitative estimate of drug-likeness (QED) is 0.808. The molecule has 2 N–H and O–H groups in total. The van der Waals surface area contributed by atoms with Crippen LogP contribution in [0.25, 0.3) is 0 Å². The molecule has 1 fully saturated rings. The van der Waals surface area contributed by atoms with Crippen LogP contribution in [-0.2, 0) is 4.79 Å². The smallest absolute Gasteiger partial charge is 0.325 e. The van der Waals surface area contributed by atoms with Crippen LogP contribution in [0.15, 0.2) is 18.2 Å². The van der Waals surface area contributed by atoms with Gasteiger partial charge in [-0.1, -0.05) is 55.0 Å². The van der Waals surface area contributed by atoms with Crippen LogP contribution in [0.3, 0.4) is 0 Å². The summed E-state index contributed by atoms with van der Waals surface area (Å²) < 4.78 is 0. The summed E-state index contributed by atoms with van der Waals surface area (Å²) in [5.74, 6) is -0.941. The van der Waals surface area contributed by atoms with E-state index in [4.69, 9.17) is 23.2 Å². The fourth-order valence-electron chi connectivity index (χ4n) is 2.75. The molecule has 1 atom stereocenters. The average Bonchev–Trinajstić information content (AvgIpc) is 2.65. The van der Waals surface area contributed by atoms with Gasteiger partial charge in [0.2, 0.25) is 0 Å². The first-order chi connectivity index (χ1) is 9.59. The van der Waals surface area contributed by atoms with Gasteiger partial charge in [0.1, 0.15) is 6.04 Å². The number of carboxylic acid groups (broad SMARTS) is 1. The second-order valence-electron chi connectivity index (χ2n) is 5.26. The van der Waals surface area contributed by atoms with Gasteiger partial charge in [0, 0.05) is 21.7 Å². The predicted molar refractivity (Wildman–Crippen MR) is 81.5 cm³/mol. The Hall–Kier alpha value is -0.770. The molecule has 1 aliphatic carbocycles. The minimum absolute atomic E-state index is 0.214. The lowest BCUT2D eigenvalue weighted by Gasteiger charge is -2.23. The topological polar surface area (TPSA) is 49.3 Å². The first kappa shape index (κ1) is 15.6. The van der Waals surface area contributed by atoms with Gasteiger partial charge in [0.15, 0.2) is 0 Å². The maximum Gasteiger partial charge on any atom is 0.325 e. The number of hydrogen-bond donors (Lipinski definition) is 2. The molecule has 110 valence electrons. The third-order valence-corrected chi connectivity index (χ3v) is 4.45. The van der Waals surface area contributed by atoms with Crippen molar-refractivity contribution in [3.05, 3.63) is 33.8 Å². The normalized spacial score (nSPS) is 18.5. The molecule has 0 amide bonds. The second-order valence-corrected chi connectivity index (χ2v) is 6.08. The van der Waals surface area contributed by atoms with Gasteiger partial charge in [-0.3, -0.25) is 10.1 Å². The number of benzene rings is 1. The standard InChI is InChI=1S/C15H19Cl2NO2/c16-11-8-5-9-12(17)13(11)14(15(19)20)18-10-6-3-1-2-4-7-10/h5,8-10,14,18H,1-4,6-7H2,(H,19,20). The van der Waals surface area contributed by atoms with Gasteiger partial charge in [-0.2, -0.15) is 0 Å². The summed E-state index contributed by atoms with van der Waals surface area (Å²) in [6.07, 6.45) is 6.74. The molecule has 0 radical (unpaired) electrons. The molecule has 0 heterocycles. The highest BCUT2D eigenvalue weighted by Gasteiger charge is 2.27. The molecule has 0 aromatic heterocycles. The van der Waals surface area contributed by atoms with Gasteiger partial charge in [-0.25, -0.2) is 0 Å². The summed E-state index contributed by atoms with van der Waals surface area (Å²) in [6, 6.07) is 4.44. The van der Waals surface area contributed by atoms with Crippen molar-refractivity contribution in [3.63, 3.8) is 0 Å². The number of hydrogen-bond acceptors (Lipinski definition) is 2. The lowest BCUT2D eigenvalue weighted by atomic mass is 10.0. The number of carbonyl (C=O) groups is 1. The molecule has 1 aliphatic rings. The summed E-state index contributed by atoms with van der Waals surface area (Å²) in [4.78, 5) is 11.6. The van der Waals surface area contributed by atoms with E-state index in [0.717, 1.165) is 25.7 Å². The van der Waals surface area contributed by atoms with E-state index in [9.17, 15) is 9.90 Å². The van der Waals surface area contributed by atoms with Gasteiger partial charge in [0.25, 0.3) is 0 Å². The Labute approximate surface area is 129 Å². The third-order valence-electron chi connectivity index (χ3n) is 3.79. The minimum atomic E-state index is -0.941. The number of aliphatic carboxylic acids is 1. The molecule has 1 aromatic carbocycles. The molecule has 0 aliphatic heterocycles. The van der Waals surface area contributed by atoms with E-state index in [0.29, 0.717) is 15.6 Å². The van der Waals surface area contributed by atoms with E-state index in [1.54, 1.807) is 18.2 Å². The van der Waals surface area contributed by atoms with Gasteiger partial charge >= 0.3 is 5.97 Å². The number of halogens is 2. The highest BCUT2D eigenvalue weighted by molar-refractivity contribution is 6.36. The zero-order valence-electron chi connectivity index (χ0n) is 11.2. The summed E-state index contributed by atoms with van der Waals surface area (Å²) in [5.41, 5.74) is 0.465. The Morgan fingerprint density at radius 3 is 2.20 bits per heavy atom. The van der Waals surface area contributed by atoms with Gasteiger partial charge < -0.3 is 5.11 Å². The van der Waals surface area contributed by atoms with Crippen molar-refractivity contribution in [3.8, 4) is 0 Å². The predicted octanol–water partition coefficient (Wildman–Crippen LogP) is 4.43. The molecule has 0 bridgehead atoms.